The number of ether oxygens (including phenoxy) is 3. The largest absolute Gasteiger partial charge is 0.508 e. The average molecular weight is 293 g/mol. The Morgan fingerprint density at radius 3 is 2.12 bits per heavy atom. The van der Waals surface area contributed by atoms with E-state index in [1.807, 2.05) is 19.1 Å². The van der Waals surface area contributed by atoms with Crippen LogP contribution in [0.3, 0.4) is 0 Å². The molecule has 1 aromatic rings. The fourth-order valence-electron chi connectivity index (χ4n) is 0.820. The van der Waals surface area contributed by atoms with Crippen LogP contribution in [0.25, 0.3) is 0 Å². The molecular weight excluding hydrogens is 276 g/mol. The Kier molecular flexibility index (Phi) is 9.22. The summed E-state index contributed by atoms with van der Waals surface area (Å²) in [7, 11) is 3.13. The Labute approximate surface area is 104 Å². The number of phenolic OH excluding ortho intramolecular Hbond substituents is 1. The molecule has 0 fully saturated rings. The van der Waals surface area contributed by atoms with Gasteiger partial charge in [0.2, 0.25) is 0 Å². The minimum absolute atomic E-state index is 0.299. The van der Waals surface area contributed by atoms with Crippen molar-refractivity contribution in [1.82, 2.24) is 0 Å². The normalized spacial score (nSPS) is 9.50. The van der Waals surface area contributed by atoms with Gasteiger partial charge >= 0.3 is 0 Å². The summed E-state index contributed by atoms with van der Waals surface area (Å²) in [6.45, 7) is 2.46. The topological polar surface area (TPSA) is 47.9 Å². The van der Waals surface area contributed by atoms with Crippen LogP contribution in [0.1, 0.15) is 5.56 Å². The Morgan fingerprint density at radius 1 is 1.19 bits per heavy atom. The number of hydrogen-bond acceptors (Lipinski definition) is 4. The number of phenols is 1. The van der Waals surface area contributed by atoms with Crippen molar-refractivity contribution in [2.75, 3.05) is 27.8 Å². The molecule has 0 aliphatic carbocycles. The fourth-order valence-corrected chi connectivity index (χ4v) is 1.30. The van der Waals surface area contributed by atoms with Crippen LogP contribution in [0.5, 0.6) is 5.75 Å². The first-order valence-electron chi connectivity index (χ1n) is 4.62. The molecule has 0 saturated carbocycles. The van der Waals surface area contributed by atoms with Crippen molar-refractivity contribution in [2.24, 2.45) is 0 Å². The third-order valence-corrected chi connectivity index (χ3v) is 2.05. The molecule has 16 heavy (non-hydrogen) atoms. The van der Waals surface area contributed by atoms with Crippen molar-refractivity contribution in [3.63, 3.8) is 0 Å². The fraction of sp³-hybridized carbons (Fsp3) is 0.455. The number of aromatic hydroxyl groups is 1. The van der Waals surface area contributed by atoms with E-state index in [1.54, 1.807) is 20.3 Å². The molecule has 0 saturated heterocycles. The zero-order valence-corrected chi connectivity index (χ0v) is 11.3. The van der Waals surface area contributed by atoms with Crippen LogP contribution in [-0.2, 0) is 14.2 Å². The van der Waals surface area contributed by atoms with Gasteiger partial charge in [-0.15, -0.1) is 0 Å². The molecule has 0 spiro atoms. The summed E-state index contributed by atoms with van der Waals surface area (Å²) in [6.07, 6.45) is 0. The molecule has 0 aliphatic rings. The lowest BCUT2D eigenvalue weighted by Crippen LogP contribution is -1.98. The van der Waals surface area contributed by atoms with Crippen LogP contribution in [0.15, 0.2) is 22.7 Å². The molecule has 0 aliphatic heterocycles. The van der Waals surface area contributed by atoms with Gasteiger partial charge in [0.1, 0.15) is 19.3 Å². The summed E-state index contributed by atoms with van der Waals surface area (Å²) < 4.78 is 14.8. The standard InChI is InChI=1S/C7H7BrO.C4H10O3/c1-5-4-6(8)2-3-7(5)9;1-5-3-7-4-6-2/h2-4,9H,1H3;3-4H2,1-2H3. The van der Waals surface area contributed by atoms with Gasteiger partial charge in [-0.1, -0.05) is 15.9 Å². The number of rotatable bonds is 4. The van der Waals surface area contributed by atoms with E-state index in [2.05, 4.69) is 30.1 Å². The molecule has 0 unspecified atom stereocenters. The minimum atomic E-state index is 0.299. The number of methoxy groups -OCH3 is 2. The smallest absolute Gasteiger partial charge is 0.149 e. The molecular formula is C11H17BrO4. The number of hydrogen-bond donors (Lipinski definition) is 1. The highest BCUT2D eigenvalue weighted by molar-refractivity contribution is 9.10. The maximum Gasteiger partial charge on any atom is 0.149 e. The molecule has 0 radical (unpaired) electrons. The van der Waals surface area contributed by atoms with Gasteiger partial charge in [-0.05, 0) is 30.7 Å². The Balaban J connectivity index is 0.000000293. The Hall–Kier alpha value is -0.620. The molecule has 0 heterocycles. The highest BCUT2D eigenvalue weighted by Gasteiger charge is 1.92. The molecule has 5 heteroatoms. The first kappa shape index (κ1) is 15.4. The van der Waals surface area contributed by atoms with Gasteiger partial charge in [0.05, 0.1) is 0 Å². The quantitative estimate of drug-likeness (QED) is 0.685. The van der Waals surface area contributed by atoms with E-state index in [0.717, 1.165) is 10.0 Å². The molecule has 0 atom stereocenters. The van der Waals surface area contributed by atoms with Crippen LogP contribution < -0.4 is 0 Å². The van der Waals surface area contributed by atoms with E-state index in [0.29, 0.717) is 19.3 Å². The van der Waals surface area contributed by atoms with Gasteiger partial charge in [0, 0.05) is 18.7 Å². The number of benzene rings is 1. The highest BCUT2D eigenvalue weighted by atomic mass is 79.9. The van der Waals surface area contributed by atoms with Crippen LogP contribution in [-0.4, -0.2) is 32.9 Å². The molecule has 0 amide bonds. The first-order valence-corrected chi connectivity index (χ1v) is 5.41. The lowest BCUT2D eigenvalue weighted by Gasteiger charge is -1.97. The van der Waals surface area contributed by atoms with E-state index in [-0.39, 0.29) is 0 Å². The first-order chi connectivity index (χ1) is 7.61. The summed E-state index contributed by atoms with van der Waals surface area (Å²) in [4.78, 5) is 0. The minimum Gasteiger partial charge on any atom is -0.508 e. The zero-order valence-electron chi connectivity index (χ0n) is 9.70. The van der Waals surface area contributed by atoms with E-state index in [1.165, 1.54) is 0 Å². The second kappa shape index (κ2) is 9.59. The predicted molar refractivity (Wildman–Crippen MR) is 65.4 cm³/mol. The second-order valence-electron chi connectivity index (χ2n) is 2.95. The van der Waals surface area contributed by atoms with Gasteiger partial charge in [-0.25, -0.2) is 0 Å². The van der Waals surface area contributed by atoms with Crippen molar-refractivity contribution < 1.29 is 19.3 Å². The highest BCUT2D eigenvalue weighted by Crippen LogP contribution is 2.19. The molecule has 1 aromatic carbocycles. The van der Waals surface area contributed by atoms with E-state index in [4.69, 9.17) is 5.11 Å². The van der Waals surface area contributed by atoms with Crippen molar-refractivity contribution in [1.29, 1.82) is 0 Å². The maximum atomic E-state index is 9.02. The van der Waals surface area contributed by atoms with Gasteiger partial charge in [-0.3, -0.25) is 0 Å². The number of aryl methyl sites for hydroxylation is 1. The van der Waals surface area contributed by atoms with Gasteiger partial charge < -0.3 is 19.3 Å². The average Bonchev–Trinajstić information content (AvgIpc) is 2.26. The lowest BCUT2D eigenvalue weighted by molar-refractivity contribution is -0.107. The summed E-state index contributed by atoms with van der Waals surface area (Å²) in [5.74, 6) is 0.346. The summed E-state index contributed by atoms with van der Waals surface area (Å²) >= 11 is 3.29. The molecule has 0 aromatic heterocycles. The molecule has 4 nitrogen and oxygen atoms in total. The zero-order chi connectivity index (χ0) is 12.4. The number of halogens is 1. The summed E-state index contributed by atoms with van der Waals surface area (Å²) in [5, 5.41) is 9.02. The van der Waals surface area contributed by atoms with Crippen molar-refractivity contribution in [2.45, 2.75) is 6.92 Å². The van der Waals surface area contributed by atoms with Crippen LogP contribution in [0.2, 0.25) is 0 Å². The monoisotopic (exact) mass is 292 g/mol. The van der Waals surface area contributed by atoms with Crippen molar-refractivity contribution >= 4 is 15.9 Å². The lowest BCUT2D eigenvalue weighted by atomic mass is 10.2. The maximum absolute atomic E-state index is 9.02. The molecule has 1 N–H and O–H groups in total. The molecule has 0 bridgehead atoms. The van der Waals surface area contributed by atoms with Crippen LogP contribution in [0.4, 0.5) is 0 Å². The Bertz CT molecular complexity index is 287. The van der Waals surface area contributed by atoms with Gasteiger partial charge in [-0.2, -0.15) is 0 Å². The molecule has 92 valence electrons. The predicted octanol–water partition coefficient (Wildman–Crippen LogP) is 2.67. The van der Waals surface area contributed by atoms with Gasteiger partial charge in [0.15, 0.2) is 0 Å². The van der Waals surface area contributed by atoms with E-state index >= 15 is 0 Å². The third kappa shape index (κ3) is 7.64. The van der Waals surface area contributed by atoms with E-state index in [9.17, 15) is 0 Å². The van der Waals surface area contributed by atoms with Crippen molar-refractivity contribution in [3.8, 4) is 5.75 Å². The summed E-state index contributed by atoms with van der Waals surface area (Å²) in [6, 6.07) is 5.34. The Morgan fingerprint density at radius 2 is 1.75 bits per heavy atom. The third-order valence-electron chi connectivity index (χ3n) is 1.56. The SMILES string of the molecule is COCOCOC.Cc1cc(Br)ccc1O. The van der Waals surface area contributed by atoms with Gasteiger partial charge in [0.25, 0.3) is 0 Å². The van der Waals surface area contributed by atoms with E-state index < -0.39 is 0 Å². The van der Waals surface area contributed by atoms with Crippen LogP contribution >= 0.6 is 15.9 Å². The summed E-state index contributed by atoms with van der Waals surface area (Å²) in [5.41, 5.74) is 0.893. The van der Waals surface area contributed by atoms with Crippen molar-refractivity contribution in [3.05, 3.63) is 28.2 Å². The second-order valence-corrected chi connectivity index (χ2v) is 3.86. The van der Waals surface area contributed by atoms with Crippen LogP contribution in [0, 0.1) is 6.92 Å². The molecule has 1 rings (SSSR count).